The van der Waals surface area contributed by atoms with E-state index in [9.17, 15) is 13.2 Å². The summed E-state index contributed by atoms with van der Waals surface area (Å²) in [5.41, 5.74) is 0. The molecule has 0 spiro atoms. The Labute approximate surface area is 188 Å². The molecule has 2 aromatic carbocycles. The van der Waals surface area contributed by atoms with Crippen LogP contribution in [-0.4, -0.2) is 73.5 Å². The molecule has 31 heavy (non-hydrogen) atoms. The number of rotatable bonds is 4. The summed E-state index contributed by atoms with van der Waals surface area (Å²) < 4.78 is 27.6. The van der Waals surface area contributed by atoms with Crippen LogP contribution in [0.15, 0.2) is 41.3 Å². The van der Waals surface area contributed by atoms with E-state index in [2.05, 4.69) is 4.90 Å². The molecule has 0 bridgehead atoms. The number of amides is 1. The number of fused-ring (bicyclic) bond motifs is 1. The molecule has 0 saturated carbocycles. The average molecular weight is 463 g/mol. The number of piperazine rings is 1. The summed E-state index contributed by atoms with van der Waals surface area (Å²) in [6.07, 6.45) is 1.90. The van der Waals surface area contributed by atoms with E-state index in [1.807, 2.05) is 0 Å². The van der Waals surface area contributed by atoms with Crippen molar-refractivity contribution in [2.45, 2.75) is 24.7 Å². The number of hydrogen-bond donors (Lipinski definition) is 1. The summed E-state index contributed by atoms with van der Waals surface area (Å²) in [5, 5.41) is 10.0. The maximum Gasteiger partial charge on any atom is 0.243 e. The minimum Gasteiger partial charge on any atom is -0.361 e. The van der Waals surface area contributed by atoms with E-state index in [4.69, 9.17) is 17.0 Å². The first-order valence-electron chi connectivity index (χ1n) is 10.5. The van der Waals surface area contributed by atoms with Crippen molar-refractivity contribution in [3.8, 4) is 0 Å². The van der Waals surface area contributed by atoms with E-state index in [0.29, 0.717) is 36.4 Å². The van der Waals surface area contributed by atoms with Gasteiger partial charge in [0, 0.05) is 37.7 Å². The SMILES string of the molecule is CC(=N)N1CCC(CN2CCN(S(=O)(=O)c3ccc4cc(Cl)ccc4c3)CC2=O)CC1. The van der Waals surface area contributed by atoms with Crippen LogP contribution in [0, 0.1) is 11.3 Å². The van der Waals surface area contributed by atoms with Gasteiger partial charge in [-0.15, -0.1) is 0 Å². The molecule has 0 radical (unpaired) electrons. The lowest BCUT2D eigenvalue weighted by Crippen LogP contribution is -2.53. The molecule has 0 atom stereocenters. The molecule has 2 saturated heterocycles. The summed E-state index contributed by atoms with van der Waals surface area (Å²) in [6, 6.07) is 10.3. The van der Waals surface area contributed by atoms with Gasteiger partial charge in [-0.3, -0.25) is 10.2 Å². The maximum absolute atomic E-state index is 13.1. The van der Waals surface area contributed by atoms with Crippen LogP contribution in [0.2, 0.25) is 5.02 Å². The Bertz CT molecular complexity index is 1110. The largest absolute Gasteiger partial charge is 0.361 e. The molecule has 7 nitrogen and oxygen atoms in total. The van der Waals surface area contributed by atoms with Crippen LogP contribution in [0.3, 0.4) is 0 Å². The molecule has 166 valence electrons. The first-order chi connectivity index (χ1) is 14.7. The zero-order valence-electron chi connectivity index (χ0n) is 17.6. The van der Waals surface area contributed by atoms with Crippen molar-refractivity contribution in [3.63, 3.8) is 0 Å². The highest BCUT2D eigenvalue weighted by Crippen LogP contribution is 2.26. The lowest BCUT2D eigenvalue weighted by Gasteiger charge is -2.38. The van der Waals surface area contributed by atoms with Gasteiger partial charge >= 0.3 is 0 Å². The van der Waals surface area contributed by atoms with E-state index in [1.54, 1.807) is 48.2 Å². The number of carbonyl (C=O) groups is 1. The molecule has 0 unspecified atom stereocenters. The van der Waals surface area contributed by atoms with Crippen molar-refractivity contribution in [1.82, 2.24) is 14.1 Å². The van der Waals surface area contributed by atoms with Gasteiger partial charge in [0.25, 0.3) is 0 Å². The molecule has 2 heterocycles. The third kappa shape index (κ3) is 4.71. The molecule has 9 heteroatoms. The molecule has 0 aliphatic carbocycles. The molecule has 1 amide bonds. The quantitative estimate of drug-likeness (QED) is 0.559. The number of amidine groups is 1. The van der Waals surface area contributed by atoms with E-state index in [-0.39, 0.29) is 17.3 Å². The van der Waals surface area contributed by atoms with Gasteiger partial charge in [-0.1, -0.05) is 23.7 Å². The Morgan fingerprint density at radius 2 is 1.74 bits per heavy atom. The number of hydrogen-bond acceptors (Lipinski definition) is 4. The van der Waals surface area contributed by atoms with Crippen LogP contribution in [-0.2, 0) is 14.8 Å². The van der Waals surface area contributed by atoms with Crippen LogP contribution < -0.4 is 0 Å². The maximum atomic E-state index is 13.1. The number of sulfonamides is 1. The molecular formula is C22H27ClN4O3S. The van der Waals surface area contributed by atoms with Crippen molar-refractivity contribution in [3.05, 3.63) is 41.4 Å². The molecule has 4 rings (SSSR count). The van der Waals surface area contributed by atoms with Gasteiger partial charge in [-0.2, -0.15) is 4.31 Å². The number of piperidine rings is 1. The Hall–Kier alpha value is -2.16. The van der Waals surface area contributed by atoms with E-state index < -0.39 is 10.0 Å². The smallest absolute Gasteiger partial charge is 0.243 e. The highest BCUT2D eigenvalue weighted by Gasteiger charge is 2.34. The Kier molecular flexibility index (Phi) is 6.23. The van der Waals surface area contributed by atoms with Gasteiger partial charge in [0.1, 0.15) is 0 Å². The summed E-state index contributed by atoms with van der Waals surface area (Å²) in [6.45, 7) is 4.73. The monoisotopic (exact) mass is 462 g/mol. The number of carbonyl (C=O) groups excluding carboxylic acids is 1. The van der Waals surface area contributed by atoms with Gasteiger partial charge in [0.05, 0.1) is 17.3 Å². The van der Waals surface area contributed by atoms with Gasteiger partial charge in [-0.25, -0.2) is 8.42 Å². The third-order valence-electron chi connectivity index (χ3n) is 6.26. The zero-order valence-corrected chi connectivity index (χ0v) is 19.1. The summed E-state index contributed by atoms with van der Waals surface area (Å²) in [5.74, 6) is 0.841. The summed E-state index contributed by atoms with van der Waals surface area (Å²) >= 11 is 6.01. The number of nitrogens with one attached hydrogen (secondary N) is 1. The summed E-state index contributed by atoms with van der Waals surface area (Å²) in [4.78, 5) is 16.8. The van der Waals surface area contributed by atoms with Crippen LogP contribution in [0.5, 0.6) is 0 Å². The Balaban J connectivity index is 1.40. The van der Waals surface area contributed by atoms with Gasteiger partial charge in [0.2, 0.25) is 15.9 Å². The van der Waals surface area contributed by atoms with Crippen molar-refractivity contribution in [1.29, 1.82) is 5.41 Å². The molecule has 2 fully saturated rings. The standard InChI is InChI=1S/C22H27ClN4O3S/c1-16(24)25-8-6-17(7-9-25)14-26-10-11-27(15-22(26)28)31(29,30)21-5-3-18-12-20(23)4-2-19(18)13-21/h2-5,12-13,17,24H,6-11,14-15H2,1H3. The predicted octanol–water partition coefficient (Wildman–Crippen LogP) is 3.04. The second-order valence-electron chi connectivity index (χ2n) is 8.35. The predicted molar refractivity (Wildman–Crippen MR) is 122 cm³/mol. The van der Waals surface area contributed by atoms with E-state index in [0.717, 1.165) is 36.7 Å². The van der Waals surface area contributed by atoms with E-state index >= 15 is 0 Å². The second kappa shape index (κ2) is 8.76. The molecule has 2 aliphatic rings. The molecule has 2 aromatic rings. The van der Waals surface area contributed by atoms with Crippen LogP contribution in [0.1, 0.15) is 19.8 Å². The first-order valence-corrected chi connectivity index (χ1v) is 12.3. The minimum absolute atomic E-state index is 0.126. The number of halogens is 1. The van der Waals surface area contributed by atoms with Gasteiger partial charge < -0.3 is 9.80 Å². The lowest BCUT2D eigenvalue weighted by molar-refractivity contribution is -0.134. The fraction of sp³-hybridized carbons (Fsp3) is 0.455. The Morgan fingerprint density at radius 1 is 1.06 bits per heavy atom. The van der Waals surface area contributed by atoms with Gasteiger partial charge in [-0.05, 0) is 60.7 Å². The Morgan fingerprint density at radius 3 is 2.42 bits per heavy atom. The van der Waals surface area contributed by atoms with Crippen molar-refractivity contribution in [2.75, 3.05) is 39.3 Å². The van der Waals surface area contributed by atoms with Crippen LogP contribution in [0.4, 0.5) is 0 Å². The number of nitrogens with zero attached hydrogens (tertiary/aromatic N) is 3. The normalized spacial score (nSPS) is 19.2. The van der Waals surface area contributed by atoms with Crippen molar-refractivity contribution >= 4 is 44.1 Å². The molecule has 1 N–H and O–H groups in total. The average Bonchev–Trinajstić information content (AvgIpc) is 2.75. The number of benzene rings is 2. The third-order valence-corrected chi connectivity index (χ3v) is 8.34. The lowest BCUT2D eigenvalue weighted by atomic mass is 9.96. The molecule has 2 aliphatic heterocycles. The highest BCUT2D eigenvalue weighted by molar-refractivity contribution is 7.89. The molecule has 0 aromatic heterocycles. The zero-order chi connectivity index (χ0) is 22.2. The highest BCUT2D eigenvalue weighted by atomic mass is 35.5. The van der Waals surface area contributed by atoms with Gasteiger partial charge in [0.15, 0.2) is 0 Å². The van der Waals surface area contributed by atoms with Crippen LogP contribution >= 0.6 is 11.6 Å². The molecular weight excluding hydrogens is 436 g/mol. The van der Waals surface area contributed by atoms with E-state index in [1.165, 1.54) is 4.31 Å². The fourth-order valence-corrected chi connectivity index (χ4v) is 5.95. The van der Waals surface area contributed by atoms with Crippen LogP contribution in [0.25, 0.3) is 10.8 Å². The topological polar surface area (TPSA) is 84.8 Å². The minimum atomic E-state index is -3.75. The van der Waals surface area contributed by atoms with Crippen molar-refractivity contribution < 1.29 is 13.2 Å². The summed E-state index contributed by atoms with van der Waals surface area (Å²) in [7, 11) is -3.75. The second-order valence-corrected chi connectivity index (χ2v) is 10.7. The van der Waals surface area contributed by atoms with Crippen molar-refractivity contribution in [2.24, 2.45) is 5.92 Å². The number of likely N-dealkylation sites (tertiary alicyclic amines) is 1. The fourth-order valence-electron chi connectivity index (χ4n) is 4.35. The first kappa shape index (κ1) is 22.0.